The lowest BCUT2D eigenvalue weighted by atomic mass is 9.81. The minimum Gasteiger partial charge on any atom is -0.383 e. The average Bonchev–Trinajstić information content (AvgIpc) is 3.17. The lowest BCUT2D eigenvalue weighted by molar-refractivity contribution is -0.127. The van der Waals surface area contributed by atoms with Gasteiger partial charge in [-0.3, -0.25) is 9.59 Å². The number of rotatable bonds is 8. The molecule has 4 rings (SSSR count). The number of hydrogen-bond donors (Lipinski definition) is 2. The van der Waals surface area contributed by atoms with Gasteiger partial charge in [-0.2, -0.15) is 5.26 Å². The van der Waals surface area contributed by atoms with E-state index in [0.29, 0.717) is 39.0 Å². The molecule has 1 fully saturated rings. The van der Waals surface area contributed by atoms with Crippen LogP contribution in [-0.2, 0) is 22.5 Å². The Morgan fingerprint density at radius 2 is 1.88 bits per heavy atom. The van der Waals surface area contributed by atoms with Crippen molar-refractivity contribution in [3.8, 4) is 17.2 Å². The Morgan fingerprint density at radius 1 is 1.18 bits per heavy atom. The van der Waals surface area contributed by atoms with E-state index in [1.807, 2.05) is 36.4 Å². The molecule has 7 heteroatoms. The molecule has 7 nitrogen and oxygen atoms in total. The highest BCUT2D eigenvalue weighted by Crippen LogP contribution is 2.29. The number of nitrogens with two attached hydrogens (primary N) is 1. The molecule has 2 aliphatic rings. The molecule has 0 saturated heterocycles. The van der Waals surface area contributed by atoms with Crippen molar-refractivity contribution in [3.05, 3.63) is 59.2 Å². The molecular weight excluding hydrogens is 428 g/mol. The Labute approximate surface area is 200 Å². The molecule has 1 saturated carbocycles. The van der Waals surface area contributed by atoms with Crippen LogP contribution in [0, 0.1) is 11.3 Å². The van der Waals surface area contributed by atoms with Crippen LogP contribution < -0.4 is 11.1 Å². The van der Waals surface area contributed by atoms with E-state index < -0.39 is 11.6 Å². The Morgan fingerprint density at radius 3 is 2.56 bits per heavy atom. The van der Waals surface area contributed by atoms with Crippen LogP contribution in [0.4, 0.5) is 0 Å². The molecule has 1 atom stereocenters. The monoisotopic (exact) mass is 460 g/mol. The highest BCUT2D eigenvalue weighted by atomic mass is 16.5. The van der Waals surface area contributed by atoms with Gasteiger partial charge in [0, 0.05) is 32.2 Å². The molecule has 0 aromatic heterocycles. The summed E-state index contributed by atoms with van der Waals surface area (Å²) in [4.78, 5) is 27.0. The van der Waals surface area contributed by atoms with Gasteiger partial charge in [-0.15, -0.1) is 0 Å². The Kier molecular flexibility index (Phi) is 7.30. The second kappa shape index (κ2) is 10.4. The minimum absolute atomic E-state index is 0.0472. The summed E-state index contributed by atoms with van der Waals surface area (Å²) in [7, 11) is 1.63. The largest absolute Gasteiger partial charge is 0.383 e. The van der Waals surface area contributed by atoms with Gasteiger partial charge in [-0.25, -0.2) is 0 Å². The maximum absolute atomic E-state index is 12.7. The molecule has 1 heterocycles. The molecule has 34 heavy (non-hydrogen) atoms. The molecule has 2 amide bonds. The SMILES string of the molecule is COCCN1Cc2cc(-c3ccc(C[C@@H](C#N)NC(=O)C4(N)CCCCC4)cc3)ccc2C1=O. The van der Waals surface area contributed by atoms with Gasteiger partial charge in [0.05, 0.1) is 18.2 Å². The summed E-state index contributed by atoms with van der Waals surface area (Å²) < 4.78 is 5.10. The number of carbonyl (C=O) groups excluding carboxylic acids is 2. The third kappa shape index (κ3) is 5.14. The molecule has 3 N–H and O–H groups in total. The van der Waals surface area contributed by atoms with Gasteiger partial charge in [0.1, 0.15) is 6.04 Å². The van der Waals surface area contributed by atoms with Crippen LogP contribution in [0.25, 0.3) is 11.1 Å². The van der Waals surface area contributed by atoms with Crippen LogP contribution in [0.2, 0.25) is 0 Å². The number of nitriles is 1. The molecule has 0 spiro atoms. The van der Waals surface area contributed by atoms with Crippen molar-refractivity contribution < 1.29 is 14.3 Å². The number of ether oxygens (including phenoxy) is 1. The zero-order valence-corrected chi connectivity index (χ0v) is 19.7. The fourth-order valence-electron chi connectivity index (χ4n) is 4.85. The zero-order valence-electron chi connectivity index (χ0n) is 19.7. The van der Waals surface area contributed by atoms with E-state index in [1.165, 1.54) is 0 Å². The maximum Gasteiger partial charge on any atom is 0.254 e. The summed E-state index contributed by atoms with van der Waals surface area (Å²) in [6, 6.07) is 15.5. The molecule has 0 unspecified atom stereocenters. The predicted octanol–water partition coefficient (Wildman–Crippen LogP) is 3.17. The molecule has 178 valence electrons. The van der Waals surface area contributed by atoms with Crippen molar-refractivity contribution >= 4 is 11.8 Å². The number of fused-ring (bicyclic) bond motifs is 1. The lowest BCUT2D eigenvalue weighted by Crippen LogP contribution is -2.57. The van der Waals surface area contributed by atoms with E-state index in [1.54, 1.807) is 12.0 Å². The van der Waals surface area contributed by atoms with E-state index in [2.05, 4.69) is 17.5 Å². The summed E-state index contributed by atoms with van der Waals surface area (Å²) in [6.45, 7) is 1.69. The molecule has 0 radical (unpaired) electrons. The molecule has 2 aromatic carbocycles. The third-order valence-corrected chi connectivity index (χ3v) is 6.94. The summed E-state index contributed by atoms with van der Waals surface area (Å²) in [5.41, 5.74) is 10.3. The van der Waals surface area contributed by atoms with Gasteiger partial charge in [0.25, 0.3) is 5.91 Å². The van der Waals surface area contributed by atoms with Gasteiger partial charge in [0.15, 0.2) is 0 Å². The standard InChI is InChI=1S/C27H32N4O3/c1-34-14-13-31-18-22-16-21(9-10-24(22)25(31)32)20-7-5-19(6-8-20)15-23(17-28)30-26(33)27(29)11-3-2-4-12-27/h5-10,16,23H,2-4,11-15,18,29H2,1H3,(H,30,33)/t23-/m0/s1. The average molecular weight is 461 g/mol. The fraction of sp³-hybridized carbons (Fsp3) is 0.444. The smallest absolute Gasteiger partial charge is 0.254 e. The highest BCUT2D eigenvalue weighted by Gasteiger charge is 2.36. The van der Waals surface area contributed by atoms with E-state index in [0.717, 1.165) is 47.1 Å². The van der Waals surface area contributed by atoms with Crippen LogP contribution in [0.1, 0.15) is 53.6 Å². The van der Waals surface area contributed by atoms with Gasteiger partial charge in [-0.1, -0.05) is 49.6 Å². The summed E-state index contributed by atoms with van der Waals surface area (Å²) in [5.74, 6) is -0.173. The van der Waals surface area contributed by atoms with Crippen molar-refractivity contribution in [2.75, 3.05) is 20.3 Å². The van der Waals surface area contributed by atoms with Crippen molar-refractivity contribution in [2.45, 2.75) is 56.7 Å². The number of carbonyl (C=O) groups is 2. The summed E-state index contributed by atoms with van der Waals surface area (Å²) in [6.07, 6.45) is 4.76. The zero-order chi connectivity index (χ0) is 24.1. The van der Waals surface area contributed by atoms with Crippen LogP contribution in [-0.4, -0.2) is 48.6 Å². The molecule has 1 aliphatic carbocycles. The van der Waals surface area contributed by atoms with Crippen LogP contribution >= 0.6 is 0 Å². The number of nitrogens with zero attached hydrogens (tertiary/aromatic N) is 2. The van der Waals surface area contributed by atoms with Crippen molar-refractivity contribution in [1.29, 1.82) is 5.26 Å². The quantitative estimate of drug-likeness (QED) is 0.629. The number of benzene rings is 2. The number of amides is 2. The Balaban J connectivity index is 1.40. The topological polar surface area (TPSA) is 108 Å². The van der Waals surface area contributed by atoms with Crippen LogP contribution in [0.15, 0.2) is 42.5 Å². The van der Waals surface area contributed by atoms with Gasteiger partial charge >= 0.3 is 0 Å². The summed E-state index contributed by atoms with van der Waals surface area (Å²) >= 11 is 0. The molecule has 2 aromatic rings. The number of methoxy groups -OCH3 is 1. The minimum atomic E-state index is -0.856. The lowest BCUT2D eigenvalue weighted by Gasteiger charge is -2.32. The number of nitrogens with one attached hydrogen (secondary N) is 1. The second-order valence-electron chi connectivity index (χ2n) is 9.36. The van der Waals surface area contributed by atoms with Gasteiger partial charge in [0.2, 0.25) is 5.91 Å². The van der Waals surface area contributed by atoms with Crippen LogP contribution in [0.3, 0.4) is 0 Å². The molecule has 1 aliphatic heterocycles. The first kappa shape index (κ1) is 23.9. The van der Waals surface area contributed by atoms with E-state index in [9.17, 15) is 14.9 Å². The van der Waals surface area contributed by atoms with E-state index >= 15 is 0 Å². The van der Waals surface area contributed by atoms with Crippen molar-refractivity contribution in [2.24, 2.45) is 5.73 Å². The van der Waals surface area contributed by atoms with E-state index in [4.69, 9.17) is 10.5 Å². The summed E-state index contributed by atoms with van der Waals surface area (Å²) in [5, 5.41) is 12.4. The van der Waals surface area contributed by atoms with E-state index in [-0.39, 0.29) is 11.8 Å². The highest BCUT2D eigenvalue weighted by molar-refractivity contribution is 5.99. The third-order valence-electron chi connectivity index (χ3n) is 6.94. The molecule has 0 bridgehead atoms. The molecular formula is C27H32N4O3. The Bertz CT molecular complexity index is 1080. The fourth-order valence-corrected chi connectivity index (χ4v) is 4.85. The first-order valence-electron chi connectivity index (χ1n) is 11.9. The second-order valence-corrected chi connectivity index (χ2v) is 9.36. The maximum atomic E-state index is 12.7. The number of hydrogen-bond acceptors (Lipinski definition) is 5. The first-order chi connectivity index (χ1) is 16.4. The Hall–Kier alpha value is -3.21. The first-order valence-corrected chi connectivity index (χ1v) is 11.9. The van der Waals surface area contributed by atoms with Crippen molar-refractivity contribution in [1.82, 2.24) is 10.2 Å². The normalized spacial score (nSPS) is 17.7. The van der Waals surface area contributed by atoms with Crippen molar-refractivity contribution in [3.63, 3.8) is 0 Å². The predicted molar refractivity (Wildman–Crippen MR) is 130 cm³/mol. The van der Waals surface area contributed by atoms with Crippen LogP contribution in [0.5, 0.6) is 0 Å². The van der Waals surface area contributed by atoms with Gasteiger partial charge < -0.3 is 20.7 Å². The van der Waals surface area contributed by atoms with Gasteiger partial charge in [-0.05, 0) is 47.2 Å².